The van der Waals surface area contributed by atoms with Gasteiger partial charge in [0.1, 0.15) is 6.54 Å². The maximum Gasteiger partial charge on any atom is 0.260 e. The van der Waals surface area contributed by atoms with E-state index in [2.05, 4.69) is 43.4 Å². The lowest BCUT2D eigenvalue weighted by atomic mass is 9.87. The molecule has 0 spiro atoms. The van der Waals surface area contributed by atoms with Crippen molar-refractivity contribution in [2.24, 2.45) is 5.10 Å². The van der Waals surface area contributed by atoms with Gasteiger partial charge in [-0.3, -0.25) is 9.59 Å². The SMILES string of the molecule is CC(C)(C)c1ccc(/C=N/NC(=O)Cn2c3ccccc3c(=O)c3ccccc32)cc1. The van der Waals surface area contributed by atoms with E-state index in [4.69, 9.17) is 0 Å². The fourth-order valence-electron chi connectivity index (χ4n) is 3.67. The molecule has 1 N–H and O–H groups in total. The fourth-order valence-corrected chi connectivity index (χ4v) is 3.67. The van der Waals surface area contributed by atoms with E-state index in [0.29, 0.717) is 10.8 Å². The quantitative estimate of drug-likeness (QED) is 0.303. The molecule has 1 heterocycles. The number of pyridine rings is 1. The number of hydrogen-bond donors (Lipinski definition) is 1. The summed E-state index contributed by atoms with van der Waals surface area (Å²) in [5.74, 6) is -0.262. The molecule has 5 nitrogen and oxygen atoms in total. The van der Waals surface area contributed by atoms with Crippen molar-refractivity contribution in [3.05, 3.63) is 94.1 Å². The third-order valence-electron chi connectivity index (χ3n) is 5.36. The molecule has 0 aliphatic carbocycles. The van der Waals surface area contributed by atoms with Crippen LogP contribution >= 0.6 is 0 Å². The van der Waals surface area contributed by atoms with Crippen LogP contribution in [-0.2, 0) is 16.8 Å². The summed E-state index contributed by atoms with van der Waals surface area (Å²) >= 11 is 0. The van der Waals surface area contributed by atoms with Crippen molar-refractivity contribution in [1.29, 1.82) is 0 Å². The number of amides is 1. The predicted molar refractivity (Wildman–Crippen MR) is 127 cm³/mol. The molecular weight excluding hydrogens is 386 g/mol. The highest BCUT2D eigenvalue weighted by atomic mass is 16.2. The van der Waals surface area contributed by atoms with Crippen molar-refractivity contribution in [3.8, 4) is 0 Å². The van der Waals surface area contributed by atoms with Gasteiger partial charge in [0.2, 0.25) is 0 Å². The zero-order valence-electron chi connectivity index (χ0n) is 17.9. The van der Waals surface area contributed by atoms with Gasteiger partial charge in [0.15, 0.2) is 5.43 Å². The first-order chi connectivity index (χ1) is 14.8. The van der Waals surface area contributed by atoms with Gasteiger partial charge in [-0.15, -0.1) is 0 Å². The van der Waals surface area contributed by atoms with Crippen molar-refractivity contribution in [2.45, 2.75) is 32.7 Å². The van der Waals surface area contributed by atoms with E-state index in [1.165, 1.54) is 5.56 Å². The number of fused-ring (bicyclic) bond motifs is 2. The number of hydrazone groups is 1. The Bertz CT molecular complexity index is 1280. The summed E-state index contributed by atoms with van der Waals surface area (Å²) < 4.78 is 1.86. The monoisotopic (exact) mass is 411 g/mol. The second-order valence-corrected chi connectivity index (χ2v) is 8.61. The van der Waals surface area contributed by atoms with E-state index in [1.54, 1.807) is 18.3 Å². The minimum absolute atomic E-state index is 0.0282. The van der Waals surface area contributed by atoms with Crippen molar-refractivity contribution in [1.82, 2.24) is 9.99 Å². The third-order valence-corrected chi connectivity index (χ3v) is 5.36. The normalized spacial score (nSPS) is 12.0. The average molecular weight is 412 g/mol. The van der Waals surface area contributed by atoms with Gasteiger partial charge in [-0.2, -0.15) is 5.10 Å². The van der Waals surface area contributed by atoms with Crippen LogP contribution in [0.2, 0.25) is 0 Å². The first kappa shape index (κ1) is 20.5. The standard InChI is InChI=1S/C26H25N3O2/c1-26(2,3)19-14-12-18(13-15-19)16-27-28-24(30)17-29-22-10-6-4-8-20(22)25(31)21-9-5-7-11-23(21)29/h4-16H,17H2,1-3H3,(H,28,30)/b27-16+. The van der Waals surface area contributed by atoms with E-state index < -0.39 is 0 Å². The number of nitrogens with zero attached hydrogens (tertiary/aromatic N) is 2. The molecule has 0 saturated carbocycles. The molecule has 0 bridgehead atoms. The number of hydrogen-bond acceptors (Lipinski definition) is 3. The van der Waals surface area contributed by atoms with E-state index in [0.717, 1.165) is 16.6 Å². The summed E-state index contributed by atoms with van der Waals surface area (Å²) in [7, 11) is 0. The maximum atomic E-state index is 12.8. The molecule has 1 aromatic heterocycles. The number of nitrogens with one attached hydrogen (secondary N) is 1. The summed E-state index contributed by atoms with van der Waals surface area (Å²) in [4.78, 5) is 25.4. The fraction of sp³-hybridized carbons (Fsp3) is 0.192. The predicted octanol–water partition coefficient (Wildman–Crippen LogP) is 4.60. The zero-order chi connectivity index (χ0) is 22.0. The van der Waals surface area contributed by atoms with Crippen molar-refractivity contribution >= 4 is 33.9 Å². The number of rotatable bonds is 4. The first-order valence-electron chi connectivity index (χ1n) is 10.3. The molecule has 0 fully saturated rings. The minimum Gasteiger partial charge on any atom is -0.331 e. The van der Waals surface area contributed by atoms with Gasteiger partial charge in [0.05, 0.1) is 17.2 Å². The Morgan fingerprint density at radius 1 is 0.903 bits per heavy atom. The maximum absolute atomic E-state index is 12.8. The van der Waals surface area contributed by atoms with E-state index in [9.17, 15) is 9.59 Å². The van der Waals surface area contributed by atoms with Gasteiger partial charge >= 0.3 is 0 Å². The van der Waals surface area contributed by atoms with Gasteiger partial charge in [0, 0.05) is 10.8 Å². The van der Waals surface area contributed by atoms with Crippen LogP contribution in [-0.4, -0.2) is 16.7 Å². The Kier molecular flexibility index (Phi) is 5.42. The molecule has 0 radical (unpaired) electrons. The van der Waals surface area contributed by atoms with Crippen LogP contribution in [0.25, 0.3) is 21.8 Å². The van der Waals surface area contributed by atoms with Crippen LogP contribution in [0, 0.1) is 0 Å². The Hall–Kier alpha value is -3.73. The summed E-state index contributed by atoms with van der Waals surface area (Å²) in [6.45, 7) is 6.56. The van der Waals surface area contributed by atoms with E-state index >= 15 is 0 Å². The number of carbonyl (C=O) groups is 1. The second kappa shape index (κ2) is 8.19. The Morgan fingerprint density at radius 2 is 1.45 bits per heavy atom. The second-order valence-electron chi connectivity index (χ2n) is 8.61. The molecular formula is C26H25N3O2. The highest BCUT2D eigenvalue weighted by molar-refractivity contribution is 5.95. The van der Waals surface area contributed by atoms with Crippen molar-refractivity contribution in [2.75, 3.05) is 0 Å². The molecule has 1 amide bonds. The van der Waals surface area contributed by atoms with Crippen LogP contribution in [0.3, 0.4) is 0 Å². The summed E-state index contributed by atoms with van der Waals surface area (Å²) in [6, 6.07) is 22.8. The molecule has 3 aromatic carbocycles. The lowest BCUT2D eigenvalue weighted by Crippen LogP contribution is -2.25. The topological polar surface area (TPSA) is 63.5 Å². The van der Waals surface area contributed by atoms with E-state index in [1.807, 2.05) is 53.1 Å². The van der Waals surface area contributed by atoms with Crippen LogP contribution in [0.1, 0.15) is 31.9 Å². The molecule has 0 atom stereocenters. The average Bonchev–Trinajstić information content (AvgIpc) is 2.76. The zero-order valence-corrected chi connectivity index (χ0v) is 17.9. The van der Waals surface area contributed by atoms with Crippen LogP contribution < -0.4 is 10.9 Å². The number of carbonyl (C=O) groups excluding carboxylic acids is 1. The Balaban J connectivity index is 1.57. The van der Waals surface area contributed by atoms with Gasteiger partial charge in [0.25, 0.3) is 5.91 Å². The molecule has 5 heteroatoms. The largest absolute Gasteiger partial charge is 0.331 e. The summed E-state index contributed by atoms with van der Waals surface area (Å²) in [5, 5.41) is 5.30. The van der Waals surface area contributed by atoms with Crippen molar-refractivity contribution in [3.63, 3.8) is 0 Å². The lowest BCUT2D eigenvalue weighted by molar-refractivity contribution is -0.121. The first-order valence-corrected chi connectivity index (χ1v) is 10.3. The van der Waals surface area contributed by atoms with Gasteiger partial charge < -0.3 is 4.57 Å². The Morgan fingerprint density at radius 3 is 2.00 bits per heavy atom. The molecule has 4 rings (SSSR count). The molecule has 0 aliphatic heterocycles. The van der Waals surface area contributed by atoms with Crippen molar-refractivity contribution < 1.29 is 4.79 Å². The molecule has 156 valence electrons. The Labute approximate surface area is 181 Å². The lowest BCUT2D eigenvalue weighted by Gasteiger charge is -2.18. The third kappa shape index (κ3) is 4.26. The number of benzene rings is 3. The highest BCUT2D eigenvalue weighted by Gasteiger charge is 2.13. The molecule has 0 saturated heterocycles. The minimum atomic E-state index is -0.262. The molecule has 4 aromatic rings. The van der Waals surface area contributed by atoms with Gasteiger partial charge in [-0.1, -0.05) is 69.3 Å². The highest BCUT2D eigenvalue weighted by Crippen LogP contribution is 2.22. The van der Waals surface area contributed by atoms with Crippen LogP contribution in [0.4, 0.5) is 0 Å². The number of para-hydroxylation sites is 2. The number of aromatic nitrogens is 1. The smallest absolute Gasteiger partial charge is 0.260 e. The molecule has 0 unspecified atom stereocenters. The van der Waals surface area contributed by atoms with E-state index in [-0.39, 0.29) is 23.3 Å². The van der Waals surface area contributed by atoms with Crippen LogP contribution in [0.15, 0.2) is 82.7 Å². The molecule has 0 aliphatic rings. The summed E-state index contributed by atoms with van der Waals surface area (Å²) in [6.07, 6.45) is 1.63. The van der Waals surface area contributed by atoms with Gasteiger partial charge in [-0.05, 0) is 40.8 Å². The van der Waals surface area contributed by atoms with Gasteiger partial charge in [-0.25, -0.2) is 5.43 Å². The van der Waals surface area contributed by atoms with Crippen LogP contribution in [0.5, 0.6) is 0 Å². The summed E-state index contributed by atoms with van der Waals surface area (Å²) in [5.41, 5.74) is 6.26. The molecule has 31 heavy (non-hydrogen) atoms.